The second kappa shape index (κ2) is 11.1. The summed E-state index contributed by atoms with van der Waals surface area (Å²) in [5.41, 5.74) is 1.82. The molecule has 0 aromatic heterocycles. The summed E-state index contributed by atoms with van der Waals surface area (Å²) in [6.45, 7) is 7.86. The number of benzene rings is 2. The van der Waals surface area contributed by atoms with Crippen molar-refractivity contribution >= 4 is 34.8 Å². The van der Waals surface area contributed by atoms with Gasteiger partial charge < -0.3 is 15.0 Å². The molecule has 0 radical (unpaired) electrons. The Kier molecular flexibility index (Phi) is 8.22. The molecule has 170 valence electrons. The van der Waals surface area contributed by atoms with Crippen molar-refractivity contribution < 1.29 is 14.3 Å². The van der Waals surface area contributed by atoms with Crippen LogP contribution in [-0.4, -0.2) is 41.0 Å². The predicted molar refractivity (Wildman–Crippen MR) is 131 cm³/mol. The van der Waals surface area contributed by atoms with E-state index in [1.165, 1.54) is 0 Å². The molecule has 2 aromatic rings. The number of carbonyl (C=O) groups is 2. The number of piperidine rings is 1. The third kappa shape index (κ3) is 6.53. The van der Waals surface area contributed by atoms with Crippen LogP contribution >= 0.6 is 12.2 Å². The Labute approximate surface area is 195 Å². The number of nitrogens with zero attached hydrogens (tertiary/aromatic N) is 1. The van der Waals surface area contributed by atoms with E-state index < -0.39 is 0 Å². The van der Waals surface area contributed by atoms with Gasteiger partial charge in [0.1, 0.15) is 5.75 Å². The number of anilines is 1. The number of likely N-dealkylation sites (tertiary alicyclic amines) is 1. The van der Waals surface area contributed by atoms with Crippen molar-refractivity contribution in [1.82, 2.24) is 10.2 Å². The monoisotopic (exact) mass is 453 g/mol. The number of nitrogens with one attached hydrogen (secondary N) is 2. The molecule has 6 nitrogen and oxygen atoms in total. The van der Waals surface area contributed by atoms with Crippen molar-refractivity contribution in [3.63, 3.8) is 0 Å². The fraction of sp³-hybridized carbons (Fsp3) is 0.400. The number of ether oxygens (including phenoxy) is 1. The van der Waals surface area contributed by atoms with Gasteiger partial charge in [0.05, 0.1) is 6.10 Å². The highest BCUT2D eigenvalue weighted by atomic mass is 32.1. The van der Waals surface area contributed by atoms with Crippen LogP contribution in [0.4, 0.5) is 5.69 Å². The van der Waals surface area contributed by atoms with Gasteiger partial charge in [0.25, 0.3) is 11.8 Å². The molecule has 32 heavy (non-hydrogen) atoms. The lowest BCUT2D eigenvalue weighted by atomic mass is 9.98. The van der Waals surface area contributed by atoms with E-state index in [1.54, 1.807) is 42.5 Å². The maximum Gasteiger partial charge on any atom is 0.257 e. The van der Waals surface area contributed by atoms with E-state index >= 15 is 0 Å². The average Bonchev–Trinajstić information content (AvgIpc) is 2.79. The predicted octanol–water partition coefficient (Wildman–Crippen LogP) is 4.86. The van der Waals surface area contributed by atoms with E-state index in [1.807, 2.05) is 24.8 Å². The summed E-state index contributed by atoms with van der Waals surface area (Å²) < 4.78 is 5.77. The van der Waals surface area contributed by atoms with Gasteiger partial charge >= 0.3 is 0 Å². The number of thiocarbonyl (C=S) groups is 1. The van der Waals surface area contributed by atoms with Crippen molar-refractivity contribution in [3.05, 3.63) is 59.7 Å². The van der Waals surface area contributed by atoms with E-state index in [9.17, 15) is 9.59 Å². The number of hydrogen-bond acceptors (Lipinski definition) is 4. The van der Waals surface area contributed by atoms with E-state index in [-0.39, 0.29) is 23.0 Å². The lowest BCUT2D eigenvalue weighted by Gasteiger charge is -2.30. The minimum Gasteiger partial charge on any atom is -0.491 e. The van der Waals surface area contributed by atoms with Crippen molar-refractivity contribution in [3.8, 4) is 5.75 Å². The molecular weight excluding hydrogens is 422 g/mol. The van der Waals surface area contributed by atoms with Crippen molar-refractivity contribution in [1.29, 1.82) is 0 Å². The number of carbonyl (C=O) groups excluding carboxylic acids is 2. The van der Waals surface area contributed by atoms with Gasteiger partial charge in [-0.05, 0) is 86.8 Å². The number of amides is 2. The molecule has 3 rings (SSSR count). The Morgan fingerprint density at radius 1 is 1.12 bits per heavy atom. The molecule has 2 N–H and O–H groups in total. The molecule has 0 aliphatic carbocycles. The van der Waals surface area contributed by atoms with Gasteiger partial charge in [-0.1, -0.05) is 19.9 Å². The van der Waals surface area contributed by atoms with Crippen molar-refractivity contribution in [2.45, 2.75) is 46.1 Å². The van der Waals surface area contributed by atoms with Gasteiger partial charge in [-0.2, -0.15) is 0 Å². The molecule has 1 heterocycles. The Morgan fingerprint density at radius 2 is 1.81 bits per heavy atom. The molecule has 1 saturated heterocycles. The summed E-state index contributed by atoms with van der Waals surface area (Å²) in [4.78, 5) is 27.1. The zero-order chi connectivity index (χ0) is 23.1. The quantitative estimate of drug-likeness (QED) is 0.611. The van der Waals surface area contributed by atoms with Crippen LogP contribution in [0.5, 0.6) is 5.75 Å². The number of rotatable bonds is 6. The van der Waals surface area contributed by atoms with Crippen LogP contribution in [0.1, 0.15) is 60.7 Å². The SMILES string of the molecule is CCC(C)Oc1cccc(C(=O)NC(=S)Nc2ccc(C(=O)N3CCC(C)CC3)cc2)c1. The summed E-state index contributed by atoms with van der Waals surface area (Å²) in [6, 6.07) is 14.2. The minimum atomic E-state index is -0.316. The molecule has 1 atom stereocenters. The Morgan fingerprint density at radius 3 is 2.47 bits per heavy atom. The lowest BCUT2D eigenvalue weighted by molar-refractivity contribution is 0.0697. The largest absolute Gasteiger partial charge is 0.491 e. The summed E-state index contributed by atoms with van der Waals surface area (Å²) in [5, 5.41) is 5.86. The van der Waals surface area contributed by atoms with Gasteiger partial charge in [-0.3, -0.25) is 14.9 Å². The second-order valence-electron chi connectivity index (χ2n) is 8.32. The van der Waals surface area contributed by atoms with Crippen molar-refractivity contribution in [2.24, 2.45) is 5.92 Å². The molecule has 2 amide bonds. The van der Waals surface area contributed by atoms with E-state index in [2.05, 4.69) is 17.6 Å². The lowest BCUT2D eigenvalue weighted by Crippen LogP contribution is -2.37. The molecule has 0 saturated carbocycles. The zero-order valence-corrected chi connectivity index (χ0v) is 19.7. The average molecular weight is 454 g/mol. The molecule has 1 aliphatic heterocycles. The highest BCUT2D eigenvalue weighted by Gasteiger charge is 2.21. The summed E-state index contributed by atoms with van der Waals surface area (Å²) in [5.74, 6) is 1.06. The fourth-order valence-electron chi connectivity index (χ4n) is 3.45. The second-order valence-corrected chi connectivity index (χ2v) is 8.73. The first-order valence-electron chi connectivity index (χ1n) is 11.1. The first kappa shape index (κ1) is 23.7. The van der Waals surface area contributed by atoms with Crippen LogP contribution in [0.2, 0.25) is 0 Å². The topological polar surface area (TPSA) is 70.7 Å². The molecule has 0 spiro atoms. The molecule has 7 heteroatoms. The first-order valence-corrected chi connectivity index (χ1v) is 11.5. The van der Waals surface area contributed by atoms with Crippen LogP contribution in [0, 0.1) is 5.92 Å². The highest BCUT2D eigenvalue weighted by Crippen LogP contribution is 2.19. The van der Waals surface area contributed by atoms with Gasteiger partial charge in [0.15, 0.2) is 5.11 Å². The van der Waals surface area contributed by atoms with Gasteiger partial charge in [0, 0.05) is 29.9 Å². The van der Waals surface area contributed by atoms with Crippen LogP contribution in [0.25, 0.3) is 0 Å². The zero-order valence-electron chi connectivity index (χ0n) is 18.9. The van der Waals surface area contributed by atoms with Crippen LogP contribution in [-0.2, 0) is 0 Å². The number of hydrogen-bond donors (Lipinski definition) is 2. The Bertz CT molecular complexity index is 953. The normalized spacial score (nSPS) is 15.0. The van der Waals surface area contributed by atoms with Gasteiger partial charge in [-0.15, -0.1) is 0 Å². The minimum absolute atomic E-state index is 0.0545. The third-order valence-corrected chi connectivity index (χ3v) is 5.90. The standard InChI is InChI=1S/C25H31N3O3S/c1-4-18(3)31-22-7-5-6-20(16-22)23(29)27-25(32)26-21-10-8-19(9-11-21)24(30)28-14-12-17(2)13-15-28/h5-11,16-18H,4,12-15H2,1-3H3,(H2,26,27,29,32). The van der Waals surface area contributed by atoms with Crippen LogP contribution in [0.15, 0.2) is 48.5 Å². The maximum absolute atomic E-state index is 12.7. The smallest absolute Gasteiger partial charge is 0.257 e. The molecular formula is C25H31N3O3S. The Hall–Kier alpha value is -2.93. The summed E-state index contributed by atoms with van der Waals surface area (Å²) in [7, 11) is 0. The Balaban J connectivity index is 1.54. The van der Waals surface area contributed by atoms with Crippen LogP contribution < -0.4 is 15.4 Å². The molecule has 0 bridgehead atoms. The fourth-order valence-corrected chi connectivity index (χ4v) is 3.66. The third-order valence-electron chi connectivity index (χ3n) is 5.70. The van der Waals surface area contributed by atoms with Crippen LogP contribution in [0.3, 0.4) is 0 Å². The van der Waals surface area contributed by atoms with E-state index in [0.717, 1.165) is 32.4 Å². The van der Waals surface area contributed by atoms with Gasteiger partial charge in [0.2, 0.25) is 0 Å². The summed E-state index contributed by atoms with van der Waals surface area (Å²) >= 11 is 5.28. The summed E-state index contributed by atoms with van der Waals surface area (Å²) in [6.07, 6.45) is 3.05. The van der Waals surface area contributed by atoms with Crippen molar-refractivity contribution in [2.75, 3.05) is 18.4 Å². The molecule has 2 aromatic carbocycles. The molecule has 1 fully saturated rings. The van der Waals surface area contributed by atoms with E-state index in [4.69, 9.17) is 17.0 Å². The highest BCUT2D eigenvalue weighted by molar-refractivity contribution is 7.80. The molecule has 1 aliphatic rings. The van der Waals surface area contributed by atoms with Gasteiger partial charge in [-0.25, -0.2) is 0 Å². The molecule has 1 unspecified atom stereocenters. The first-order chi connectivity index (χ1) is 15.4. The van der Waals surface area contributed by atoms with E-state index in [0.29, 0.717) is 28.5 Å². The maximum atomic E-state index is 12.7.